The lowest BCUT2D eigenvalue weighted by Gasteiger charge is -2.47. The smallest absolute Gasteiger partial charge is 0.259 e. The second-order valence-corrected chi connectivity index (χ2v) is 9.17. The average molecular weight is 522 g/mol. The molecule has 3 aromatic carbocycles. The van der Waals surface area contributed by atoms with Gasteiger partial charge >= 0.3 is 0 Å². The zero-order valence-corrected chi connectivity index (χ0v) is 21.2. The Morgan fingerprint density at radius 1 is 0.974 bits per heavy atom. The number of benzene rings is 3. The van der Waals surface area contributed by atoms with Crippen LogP contribution in [0.3, 0.4) is 0 Å². The van der Waals surface area contributed by atoms with Crippen molar-refractivity contribution >= 4 is 23.4 Å². The third-order valence-corrected chi connectivity index (χ3v) is 6.87. The van der Waals surface area contributed by atoms with Gasteiger partial charge in [0, 0.05) is 38.2 Å². The van der Waals surface area contributed by atoms with Crippen molar-refractivity contribution in [2.45, 2.75) is 31.8 Å². The molecule has 1 aliphatic heterocycles. The van der Waals surface area contributed by atoms with Crippen LogP contribution in [0.1, 0.15) is 35.7 Å². The number of hydrogen-bond acceptors (Lipinski definition) is 4. The summed E-state index contributed by atoms with van der Waals surface area (Å²) in [5.74, 6) is -2.55. The lowest BCUT2D eigenvalue weighted by Crippen LogP contribution is -2.65. The van der Waals surface area contributed by atoms with Crippen LogP contribution in [-0.2, 0) is 16.1 Å². The second-order valence-electron chi connectivity index (χ2n) is 9.17. The number of methoxy groups -OCH3 is 1. The Hall–Kier alpha value is -4.27. The minimum atomic E-state index is -1.55. The van der Waals surface area contributed by atoms with Gasteiger partial charge in [-0.05, 0) is 54.8 Å². The number of halogens is 2. The van der Waals surface area contributed by atoms with Crippen molar-refractivity contribution in [3.8, 4) is 5.75 Å². The molecule has 0 bridgehead atoms. The highest BCUT2D eigenvalue weighted by Gasteiger charge is 2.50. The predicted octanol–water partition coefficient (Wildman–Crippen LogP) is 4.32. The lowest BCUT2D eigenvalue weighted by atomic mass is 9.83. The van der Waals surface area contributed by atoms with Crippen LogP contribution in [0.25, 0.3) is 0 Å². The molecule has 38 heavy (non-hydrogen) atoms. The van der Waals surface area contributed by atoms with E-state index in [0.717, 1.165) is 22.6 Å². The van der Waals surface area contributed by atoms with E-state index in [-0.39, 0.29) is 49.6 Å². The van der Waals surface area contributed by atoms with Gasteiger partial charge in [0.15, 0.2) is 0 Å². The Labute approximate surface area is 220 Å². The number of carbonyl (C=O) groups is 3. The Bertz CT molecular complexity index is 1310. The molecule has 0 aromatic heterocycles. The van der Waals surface area contributed by atoms with Crippen molar-refractivity contribution in [2.24, 2.45) is 0 Å². The van der Waals surface area contributed by atoms with E-state index in [1.807, 2.05) is 30.3 Å². The van der Waals surface area contributed by atoms with Crippen molar-refractivity contribution in [3.05, 3.63) is 95.6 Å². The van der Waals surface area contributed by atoms with Gasteiger partial charge in [0.1, 0.15) is 22.9 Å². The number of anilines is 1. The Balaban J connectivity index is 1.80. The number of likely N-dealkylation sites (tertiary alicyclic amines) is 1. The number of nitrogens with zero attached hydrogens (tertiary/aromatic N) is 2. The molecule has 0 saturated carbocycles. The first-order chi connectivity index (χ1) is 18.2. The van der Waals surface area contributed by atoms with Gasteiger partial charge in [0.05, 0.1) is 12.8 Å². The summed E-state index contributed by atoms with van der Waals surface area (Å²) in [6.07, 6.45) is 0.123. The molecule has 1 N–H and O–H groups in total. The summed E-state index contributed by atoms with van der Waals surface area (Å²) >= 11 is 0. The molecule has 198 valence electrons. The molecular weight excluding hydrogens is 492 g/mol. The fraction of sp³-hybridized carbons (Fsp3) is 0.276. The van der Waals surface area contributed by atoms with Crippen LogP contribution in [0.5, 0.6) is 5.75 Å². The van der Waals surface area contributed by atoms with Gasteiger partial charge in [-0.2, -0.15) is 0 Å². The second kappa shape index (κ2) is 11.4. The van der Waals surface area contributed by atoms with Gasteiger partial charge in [0.2, 0.25) is 11.8 Å². The van der Waals surface area contributed by atoms with E-state index in [0.29, 0.717) is 11.8 Å². The van der Waals surface area contributed by atoms with E-state index in [1.54, 1.807) is 17.0 Å². The molecule has 7 nitrogen and oxygen atoms in total. The van der Waals surface area contributed by atoms with Gasteiger partial charge < -0.3 is 15.0 Å². The van der Waals surface area contributed by atoms with Crippen molar-refractivity contribution in [3.63, 3.8) is 0 Å². The standard InChI is InChI=1S/C29H29F2N3O4/c1-20(35)33-16-14-29(15-17-33,28(37)32-19-21-6-4-3-5-7-21)34(26-13-10-23(30)18-25(26)31)27(36)22-8-11-24(38-2)12-9-22/h3-13,18H,14-17,19H2,1-2H3,(H,32,37). The topological polar surface area (TPSA) is 79.0 Å². The van der Waals surface area contributed by atoms with Gasteiger partial charge in [-0.3, -0.25) is 19.3 Å². The van der Waals surface area contributed by atoms with E-state index in [4.69, 9.17) is 4.74 Å². The molecule has 1 fully saturated rings. The van der Waals surface area contributed by atoms with Crippen LogP contribution in [0.4, 0.5) is 14.5 Å². The largest absolute Gasteiger partial charge is 0.497 e. The molecule has 9 heteroatoms. The SMILES string of the molecule is COc1ccc(C(=O)N(c2ccc(F)cc2F)C2(C(=O)NCc3ccccc3)CCN(C(C)=O)CC2)cc1. The molecule has 1 heterocycles. The molecule has 0 unspecified atom stereocenters. The summed E-state index contributed by atoms with van der Waals surface area (Å²) in [5, 5.41) is 2.91. The Kier molecular flexibility index (Phi) is 8.05. The first kappa shape index (κ1) is 26.8. The fourth-order valence-corrected chi connectivity index (χ4v) is 4.75. The number of ether oxygens (including phenoxy) is 1. The first-order valence-corrected chi connectivity index (χ1v) is 12.3. The molecule has 3 amide bonds. The van der Waals surface area contributed by atoms with Crippen LogP contribution in [0.2, 0.25) is 0 Å². The van der Waals surface area contributed by atoms with Crippen LogP contribution >= 0.6 is 0 Å². The van der Waals surface area contributed by atoms with E-state index in [9.17, 15) is 18.8 Å². The molecule has 1 aliphatic rings. The first-order valence-electron chi connectivity index (χ1n) is 12.3. The quantitative estimate of drug-likeness (QED) is 0.503. The van der Waals surface area contributed by atoms with Crippen LogP contribution in [0, 0.1) is 11.6 Å². The van der Waals surface area contributed by atoms with Crippen molar-refractivity contribution in [1.82, 2.24) is 10.2 Å². The minimum absolute atomic E-state index is 0.0614. The molecule has 4 rings (SSSR count). The summed E-state index contributed by atoms with van der Waals surface area (Å²) < 4.78 is 34.4. The molecule has 1 saturated heterocycles. The number of carbonyl (C=O) groups excluding carboxylic acids is 3. The minimum Gasteiger partial charge on any atom is -0.497 e. The zero-order chi connectivity index (χ0) is 27.3. The third kappa shape index (κ3) is 5.51. The molecule has 0 spiro atoms. The number of hydrogen-bond donors (Lipinski definition) is 1. The van der Waals surface area contributed by atoms with Crippen LogP contribution in [0.15, 0.2) is 72.8 Å². The Morgan fingerprint density at radius 3 is 2.21 bits per heavy atom. The highest BCUT2D eigenvalue weighted by atomic mass is 19.1. The van der Waals surface area contributed by atoms with Crippen molar-refractivity contribution in [2.75, 3.05) is 25.1 Å². The lowest BCUT2D eigenvalue weighted by molar-refractivity contribution is -0.135. The highest BCUT2D eigenvalue weighted by Crippen LogP contribution is 2.37. The summed E-state index contributed by atoms with van der Waals surface area (Å²) in [5.41, 5.74) is -0.730. The average Bonchev–Trinajstić information content (AvgIpc) is 2.93. The Morgan fingerprint density at radius 2 is 1.63 bits per heavy atom. The maximum atomic E-state index is 15.3. The summed E-state index contributed by atoms with van der Waals surface area (Å²) in [6.45, 7) is 1.99. The maximum absolute atomic E-state index is 15.3. The molecule has 0 atom stereocenters. The highest BCUT2D eigenvalue weighted by molar-refractivity contribution is 6.11. The number of amides is 3. The third-order valence-electron chi connectivity index (χ3n) is 6.87. The number of piperidine rings is 1. The number of rotatable bonds is 7. The monoisotopic (exact) mass is 521 g/mol. The summed E-state index contributed by atoms with van der Waals surface area (Å²) in [4.78, 5) is 42.8. The summed E-state index contributed by atoms with van der Waals surface area (Å²) in [7, 11) is 1.49. The van der Waals surface area contributed by atoms with E-state index >= 15 is 4.39 Å². The van der Waals surface area contributed by atoms with Gasteiger partial charge in [-0.25, -0.2) is 8.78 Å². The van der Waals surface area contributed by atoms with Crippen LogP contribution < -0.4 is 15.0 Å². The summed E-state index contributed by atoms with van der Waals surface area (Å²) in [6, 6.07) is 18.4. The fourth-order valence-electron chi connectivity index (χ4n) is 4.75. The normalized spacial score (nSPS) is 14.5. The van der Waals surface area contributed by atoms with Crippen LogP contribution in [-0.4, -0.2) is 48.4 Å². The van der Waals surface area contributed by atoms with E-state index < -0.39 is 29.0 Å². The molecule has 3 aromatic rings. The zero-order valence-electron chi connectivity index (χ0n) is 21.2. The van der Waals surface area contributed by atoms with Gasteiger partial charge in [0.25, 0.3) is 5.91 Å². The molecule has 0 aliphatic carbocycles. The molecular formula is C29H29F2N3O4. The van der Waals surface area contributed by atoms with Crippen molar-refractivity contribution in [1.29, 1.82) is 0 Å². The molecule has 0 radical (unpaired) electrons. The number of nitrogens with one attached hydrogen (secondary N) is 1. The van der Waals surface area contributed by atoms with Gasteiger partial charge in [-0.15, -0.1) is 0 Å². The van der Waals surface area contributed by atoms with E-state index in [2.05, 4.69) is 5.32 Å². The van der Waals surface area contributed by atoms with Crippen molar-refractivity contribution < 1.29 is 27.9 Å². The van der Waals surface area contributed by atoms with E-state index in [1.165, 1.54) is 26.2 Å². The predicted molar refractivity (Wildman–Crippen MR) is 139 cm³/mol. The maximum Gasteiger partial charge on any atom is 0.259 e. The van der Waals surface area contributed by atoms with Gasteiger partial charge in [-0.1, -0.05) is 30.3 Å².